The molecule has 0 bridgehead atoms. The van der Waals surface area contributed by atoms with Crippen LogP contribution in [-0.4, -0.2) is 21.7 Å². The Hall–Kier alpha value is -1.18. The van der Waals surface area contributed by atoms with E-state index in [1.807, 2.05) is 32.9 Å². The van der Waals surface area contributed by atoms with E-state index in [9.17, 15) is 9.46 Å². The van der Waals surface area contributed by atoms with Gasteiger partial charge in [-0.2, -0.15) is 9.93 Å². The third-order valence-electron chi connectivity index (χ3n) is 6.11. The summed E-state index contributed by atoms with van der Waals surface area (Å²) in [6.45, 7) is 13.1. The fourth-order valence-corrected chi connectivity index (χ4v) is 6.04. The van der Waals surface area contributed by atoms with E-state index in [0.717, 1.165) is 18.4 Å². The van der Waals surface area contributed by atoms with Gasteiger partial charge in [0.1, 0.15) is 0 Å². The van der Waals surface area contributed by atoms with E-state index in [-0.39, 0.29) is 6.54 Å². The van der Waals surface area contributed by atoms with E-state index in [1.165, 1.54) is 6.42 Å². The minimum Gasteiger partial charge on any atom is -0.312 e. The average molecular weight is 421 g/mol. The predicted molar refractivity (Wildman–Crippen MR) is 117 cm³/mol. The van der Waals surface area contributed by atoms with Crippen molar-refractivity contribution in [3.8, 4) is 6.07 Å². The molecule has 4 atom stereocenters. The van der Waals surface area contributed by atoms with Crippen molar-refractivity contribution in [2.24, 2.45) is 23.7 Å². The molecule has 2 rings (SSSR count). The minimum absolute atomic E-state index is 0.289. The molecule has 4 unspecified atom stereocenters. The van der Waals surface area contributed by atoms with E-state index in [0.29, 0.717) is 35.8 Å². The monoisotopic (exact) mass is 420 g/mol. The van der Waals surface area contributed by atoms with Crippen molar-refractivity contribution in [1.82, 2.24) is 4.67 Å². The SMILES string of the molecule is CC1CCC(C(C)C)C(COP(=O)(O)N(Cc2ccc(C#N)cc2)C(C)(C)C)C1. The molecular formula is C23H37N2O3P. The first-order chi connectivity index (χ1) is 13.4. The molecule has 0 heterocycles. The van der Waals surface area contributed by atoms with Crippen LogP contribution in [0.3, 0.4) is 0 Å². The Bertz CT molecular complexity index is 749. The Morgan fingerprint density at radius 2 is 1.90 bits per heavy atom. The number of hydrogen-bond donors (Lipinski definition) is 1. The second-order valence-electron chi connectivity index (χ2n) is 9.91. The van der Waals surface area contributed by atoms with Crippen LogP contribution in [0.2, 0.25) is 0 Å². The van der Waals surface area contributed by atoms with Gasteiger partial charge in [0.15, 0.2) is 0 Å². The van der Waals surface area contributed by atoms with Crippen LogP contribution in [0.1, 0.15) is 71.9 Å². The summed E-state index contributed by atoms with van der Waals surface area (Å²) in [4.78, 5) is 10.9. The van der Waals surface area contributed by atoms with Crippen LogP contribution >= 0.6 is 7.75 Å². The zero-order chi connectivity index (χ0) is 21.8. The fourth-order valence-electron chi connectivity index (χ4n) is 4.42. The molecule has 0 radical (unpaired) electrons. The first-order valence-electron chi connectivity index (χ1n) is 10.7. The first kappa shape index (κ1) is 24.1. The van der Waals surface area contributed by atoms with Crippen molar-refractivity contribution < 1.29 is 14.0 Å². The molecule has 1 aliphatic rings. The highest BCUT2D eigenvalue weighted by Gasteiger charge is 2.40. The first-order valence-corrected chi connectivity index (χ1v) is 12.2. The molecule has 1 aliphatic carbocycles. The van der Waals surface area contributed by atoms with Gasteiger partial charge in [0.05, 0.1) is 18.2 Å². The number of benzene rings is 1. The Morgan fingerprint density at radius 3 is 2.41 bits per heavy atom. The molecule has 29 heavy (non-hydrogen) atoms. The summed E-state index contributed by atoms with van der Waals surface area (Å²) in [5, 5.41) is 8.98. The molecule has 5 nitrogen and oxygen atoms in total. The normalized spacial score (nSPS) is 25.0. The van der Waals surface area contributed by atoms with Gasteiger partial charge in [0.2, 0.25) is 0 Å². The molecule has 1 fully saturated rings. The maximum atomic E-state index is 13.3. The van der Waals surface area contributed by atoms with Gasteiger partial charge in [-0.15, -0.1) is 0 Å². The number of nitrogens with zero attached hydrogens (tertiary/aromatic N) is 2. The predicted octanol–water partition coefficient (Wildman–Crippen LogP) is 5.98. The van der Waals surface area contributed by atoms with E-state index in [1.54, 1.807) is 16.8 Å². The number of rotatable bonds is 7. The van der Waals surface area contributed by atoms with Gasteiger partial charge in [-0.1, -0.05) is 39.3 Å². The lowest BCUT2D eigenvalue weighted by atomic mass is 9.70. The van der Waals surface area contributed by atoms with Crippen molar-refractivity contribution in [3.63, 3.8) is 0 Å². The molecule has 6 heteroatoms. The van der Waals surface area contributed by atoms with E-state index in [2.05, 4.69) is 26.8 Å². The van der Waals surface area contributed by atoms with E-state index in [4.69, 9.17) is 9.79 Å². The van der Waals surface area contributed by atoms with Crippen LogP contribution in [0.5, 0.6) is 0 Å². The number of nitriles is 1. The van der Waals surface area contributed by atoms with Gasteiger partial charge < -0.3 is 4.89 Å². The molecule has 0 aliphatic heterocycles. The second kappa shape index (κ2) is 9.75. The van der Waals surface area contributed by atoms with Crippen LogP contribution in [0.4, 0.5) is 0 Å². The summed E-state index contributed by atoms with van der Waals surface area (Å²) in [6.07, 6.45) is 3.44. The van der Waals surface area contributed by atoms with Gasteiger partial charge in [-0.3, -0.25) is 4.52 Å². The van der Waals surface area contributed by atoms with Crippen LogP contribution in [0.15, 0.2) is 24.3 Å². The smallest absolute Gasteiger partial charge is 0.312 e. The Morgan fingerprint density at radius 1 is 1.28 bits per heavy atom. The van der Waals surface area contributed by atoms with Crippen LogP contribution in [0.25, 0.3) is 0 Å². The van der Waals surface area contributed by atoms with Crippen molar-refractivity contribution in [1.29, 1.82) is 5.26 Å². The highest BCUT2D eigenvalue weighted by Crippen LogP contribution is 2.52. The fraction of sp³-hybridized carbons (Fsp3) is 0.696. The molecule has 1 saturated carbocycles. The summed E-state index contributed by atoms with van der Waals surface area (Å²) in [7, 11) is -3.98. The zero-order valence-electron chi connectivity index (χ0n) is 18.8. The Balaban J connectivity index is 2.14. The van der Waals surface area contributed by atoms with Crippen molar-refractivity contribution in [3.05, 3.63) is 35.4 Å². The molecule has 0 saturated heterocycles. The Labute approximate surface area is 176 Å². The molecule has 0 spiro atoms. The van der Waals surface area contributed by atoms with Crippen molar-refractivity contribution in [2.45, 2.75) is 72.9 Å². The molecule has 0 amide bonds. The standard InChI is InChI=1S/C23H37N2O3P/c1-17(2)22-12-7-18(3)13-21(22)16-28-29(26,27)25(23(4,5)6)15-20-10-8-19(14-24)9-11-20/h8-11,17-18,21-22H,7,12-13,15-16H2,1-6H3,(H,26,27). The summed E-state index contributed by atoms with van der Waals surface area (Å²) >= 11 is 0. The van der Waals surface area contributed by atoms with Gasteiger partial charge in [0, 0.05) is 12.1 Å². The van der Waals surface area contributed by atoms with E-state index >= 15 is 0 Å². The zero-order valence-corrected chi connectivity index (χ0v) is 19.7. The molecular weight excluding hydrogens is 383 g/mol. The van der Waals surface area contributed by atoms with Gasteiger partial charge in [0.25, 0.3) is 0 Å². The lowest BCUT2D eigenvalue weighted by Gasteiger charge is -2.40. The highest BCUT2D eigenvalue weighted by molar-refractivity contribution is 7.50. The molecule has 1 N–H and O–H groups in total. The lowest BCUT2D eigenvalue weighted by Crippen LogP contribution is -2.39. The third kappa shape index (κ3) is 6.66. The molecule has 1 aromatic rings. The van der Waals surface area contributed by atoms with Gasteiger partial charge in [-0.05, 0) is 75.0 Å². The van der Waals surface area contributed by atoms with Crippen molar-refractivity contribution in [2.75, 3.05) is 6.61 Å². The van der Waals surface area contributed by atoms with Crippen molar-refractivity contribution >= 4 is 7.75 Å². The minimum atomic E-state index is -3.98. The summed E-state index contributed by atoms with van der Waals surface area (Å²) in [5.41, 5.74) is 0.906. The highest BCUT2D eigenvalue weighted by atomic mass is 31.2. The van der Waals surface area contributed by atoms with Gasteiger partial charge in [-0.25, -0.2) is 4.57 Å². The largest absolute Gasteiger partial charge is 0.406 e. The molecule has 162 valence electrons. The van der Waals surface area contributed by atoms with Crippen LogP contribution in [0, 0.1) is 35.0 Å². The molecule has 0 aromatic heterocycles. The lowest BCUT2D eigenvalue weighted by molar-refractivity contribution is 0.0690. The second-order valence-corrected chi connectivity index (χ2v) is 11.6. The summed E-state index contributed by atoms with van der Waals surface area (Å²) in [5.74, 6) is 2.03. The maximum absolute atomic E-state index is 13.3. The van der Waals surface area contributed by atoms with E-state index < -0.39 is 13.3 Å². The summed E-state index contributed by atoms with van der Waals surface area (Å²) < 4.78 is 20.6. The maximum Gasteiger partial charge on any atom is 0.406 e. The average Bonchev–Trinajstić information content (AvgIpc) is 2.63. The van der Waals surface area contributed by atoms with Crippen LogP contribution in [-0.2, 0) is 15.6 Å². The van der Waals surface area contributed by atoms with Gasteiger partial charge >= 0.3 is 7.75 Å². The third-order valence-corrected chi connectivity index (χ3v) is 7.95. The van der Waals surface area contributed by atoms with Crippen LogP contribution < -0.4 is 0 Å². The topological polar surface area (TPSA) is 73.6 Å². The quantitative estimate of drug-likeness (QED) is 0.549. The Kier molecular flexibility index (Phi) is 8.10. The summed E-state index contributed by atoms with van der Waals surface area (Å²) in [6, 6.07) is 9.22. The molecule has 1 aromatic carbocycles. The number of hydrogen-bond acceptors (Lipinski definition) is 3.